The van der Waals surface area contributed by atoms with Crippen LogP contribution in [0.2, 0.25) is 0 Å². The SMILES string of the molecule is CC(C)C(=O)C#CCCOC1CCCCO1. The number of ether oxygens (including phenoxy) is 2. The average molecular weight is 224 g/mol. The van der Waals surface area contributed by atoms with Crippen LogP contribution in [-0.2, 0) is 14.3 Å². The third-order valence-corrected chi connectivity index (χ3v) is 2.40. The molecule has 1 saturated heterocycles. The van der Waals surface area contributed by atoms with E-state index in [4.69, 9.17) is 9.47 Å². The molecule has 1 unspecified atom stereocenters. The van der Waals surface area contributed by atoms with Crippen molar-refractivity contribution in [2.75, 3.05) is 13.2 Å². The minimum Gasteiger partial charge on any atom is -0.353 e. The molecule has 16 heavy (non-hydrogen) atoms. The summed E-state index contributed by atoms with van der Waals surface area (Å²) in [6.45, 7) is 5.04. The van der Waals surface area contributed by atoms with Gasteiger partial charge in [-0.1, -0.05) is 19.8 Å². The fraction of sp³-hybridized carbons (Fsp3) is 0.769. The Labute approximate surface area is 97.5 Å². The Kier molecular flexibility index (Phi) is 6.14. The second-order valence-corrected chi connectivity index (χ2v) is 4.24. The molecule has 0 bridgehead atoms. The zero-order chi connectivity index (χ0) is 11.8. The summed E-state index contributed by atoms with van der Waals surface area (Å²) in [6, 6.07) is 0. The number of Topliss-reactive ketones (excluding diaryl/α,β-unsaturated/α-hetero) is 1. The molecule has 0 N–H and O–H groups in total. The van der Waals surface area contributed by atoms with Gasteiger partial charge >= 0.3 is 0 Å². The molecule has 1 rings (SSSR count). The highest BCUT2D eigenvalue weighted by molar-refractivity contribution is 5.96. The van der Waals surface area contributed by atoms with E-state index in [-0.39, 0.29) is 18.0 Å². The van der Waals surface area contributed by atoms with Gasteiger partial charge in [0.05, 0.1) is 6.61 Å². The van der Waals surface area contributed by atoms with Gasteiger partial charge < -0.3 is 9.47 Å². The average Bonchev–Trinajstić information content (AvgIpc) is 2.29. The van der Waals surface area contributed by atoms with E-state index in [2.05, 4.69) is 11.8 Å². The number of carbonyl (C=O) groups is 1. The van der Waals surface area contributed by atoms with Gasteiger partial charge in [-0.2, -0.15) is 0 Å². The molecule has 1 atom stereocenters. The van der Waals surface area contributed by atoms with Gasteiger partial charge in [-0.25, -0.2) is 0 Å². The molecule has 0 amide bonds. The molecule has 0 spiro atoms. The van der Waals surface area contributed by atoms with Gasteiger partial charge in [-0.05, 0) is 25.2 Å². The molecule has 1 aliphatic heterocycles. The van der Waals surface area contributed by atoms with E-state index in [1.54, 1.807) is 0 Å². The number of hydrogen-bond acceptors (Lipinski definition) is 3. The zero-order valence-corrected chi connectivity index (χ0v) is 10.1. The normalized spacial score (nSPS) is 20.3. The lowest BCUT2D eigenvalue weighted by molar-refractivity contribution is -0.161. The summed E-state index contributed by atoms with van der Waals surface area (Å²) in [7, 11) is 0. The second kappa shape index (κ2) is 7.43. The quantitative estimate of drug-likeness (QED) is 0.417. The maximum atomic E-state index is 11.2. The monoisotopic (exact) mass is 224 g/mol. The van der Waals surface area contributed by atoms with Crippen LogP contribution in [-0.4, -0.2) is 25.3 Å². The molecule has 90 valence electrons. The van der Waals surface area contributed by atoms with E-state index in [9.17, 15) is 4.79 Å². The first kappa shape index (κ1) is 13.2. The molecule has 0 aromatic carbocycles. The van der Waals surface area contributed by atoms with Crippen molar-refractivity contribution < 1.29 is 14.3 Å². The highest BCUT2D eigenvalue weighted by Crippen LogP contribution is 2.13. The summed E-state index contributed by atoms with van der Waals surface area (Å²) in [4.78, 5) is 11.2. The molecule has 0 saturated carbocycles. The van der Waals surface area contributed by atoms with Crippen molar-refractivity contribution in [3.05, 3.63) is 0 Å². The Bertz CT molecular complexity index is 267. The predicted octanol–water partition coefficient (Wildman–Crippen LogP) is 2.15. The predicted molar refractivity (Wildman–Crippen MR) is 61.8 cm³/mol. The highest BCUT2D eigenvalue weighted by atomic mass is 16.7. The number of ketones is 1. The van der Waals surface area contributed by atoms with Gasteiger partial charge in [0.15, 0.2) is 6.29 Å². The van der Waals surface area contributed by atoms with E-state index in [0.717, 1.165) is 19.4 Å². The van der Waals surface area contributed by atoms with Gasteiger partial charge in [-0.15, -0.1) is 0 Å². The van der Waals surface area contributed by atoms with Crippen LogP contribution in [0.4, 0.5) is 0 Å². The van der Waals surface area contributed by atoms with Crippen LogP contribution in [0.25, 0.3) is 0 Å². The molecule has 0 aliphatic carbocycles. The largest absolute Gasteiger partial charge is 0.353 e. The Balaban J connectivity index is 2.08. The van der Waals surface area contributed by atoms with Gasteiger partial charge in [0.2, 0.25) is 5.78 Å². The maximum Gasteiger partial charge on any atom is 0.207 e. The standard InChI is InChI=1S/C13H20O3/c1-11(2)12(14)7-3-5-9-15-13-8-4-6-10-16-13/h11,13H,4-6,8-10H2,1-2H3. The fourth-order valence-corrected chi connectivity index (χ4v) is 1.38. The summed E-state index contributed by atoms with van der Waals surface area (Å²) in [5.41, 5.74) is 0. The molecule has 3 heteroatoms. The second-order valence-electron chi connectivity index (χ2n) is 4.24. The van der Waals surface area contributed by atoms with Crippen molar-refractivity contribution in [2.45, 2.75) is 45.8 Å². The lowest BCUT2D eigenvalue weighted by Gasteiger charge is -2.22. The van der Waals surface area contributed by atoms with E-state index >= 15 is 0 Å². The fourth-order valence-electron chi connectivity index (χ4n) is 1.38. The molecular formula is C13H20O3. The van der Waals surface area contributed by atoms with Crippen molar-refractivity contribution in [3.63, 3.8) is 0 Å². The molecular weight excluding hydrogens is 204 g/mol. The molecule has 0 aromatic heterocycles. The van der Waals surface area contributed by atoms with Crippen LogP contribution >= 0.6 is 0 Å². The Hall–Kier alpha value is -0.850. The van der Waals surface area contributed by atoms with Gasteiger partial charge in [-0.3, -0.25) is 4.79 Å². The molecule has 1 aliphatic rings. The van der Waals surface area contributed by atoms with Crippen molar-refractivity contribution in [1.29, 1.82) is 0 Å². The zero-order valence-electron chi connectivity index (χ0n) is 10.1. The van der Waals surface area contributed by atoms with E-state index < -0.39 is 0 Å². The topological polar surface area (TPSA) is 35.5 Å². The maximum absolute atomic E-state index is 11.2. The minimum atomic E-state index is -0.0589. The molecule has 1 heterocycles. The summed E-state index contributed by atoms with van der Waals surface area (Å²) in [5, 5.41) is 0. The third kappa shape index (κ3) is 5.29. The van der Waals surface area contributed by atoms with Crippen LogP contribution in [0, 0.1) is 17.8 Å². The first-order valence-electron chi connectivity index (χ1n) is 5.96. The highest BCUT2D eigenvalue weighted by Gasteiger charge is 2.12. The third-order valence-electron chi connectivity index (χ3n) is 2.40. The van der Waals surface area contributed by atoms with E-state index in [1.807, 2.05) is 13.8 Å². The van der Waals surface area contributed by atoms with Crippen molar-refractivity contribution in [1.82, 2.24) is 0 Å². The Morgan fingerprint density at radius 2 is 2.31 bits per heavy atom. The smallest absolute Gasteiger partial charge is 0.207 e. The minimum absolute atomic E-state index is 0.00454. The summed E-state index contributed by atoms with van der Waals surface area (Å²) in [5.74, 6) is 5.43. The lowest BCUT2D eigenvalue weighted by Crippen LogP contribution is -2.22. The number of carbonyl (C=O) groups excluding carboxylic acids is 1. The number of rotatable bonds is 4. The van der Waals surface area contributed by atoms with Crippen molar-refractivity contribution >= 4 is 5.78 Å². The summed E-state index contributed by atoms with van der Waals surface area (Å²) < 4.78 is 10.9. The molecule has 0 radical (unpaired) electrons. The number of hydrogen-bond donors (Lipinski definition) is 0. The first-order valence-corrected chi connectivity index (χ1v) is 5.96. The lowest BCUT2D eigenvalue weighted by atomic mass is 10.1. The van der Waals surface area contributed by atoms with Crippen LogP contribution in [0.15, 0.2) is 0 Å². The first-order chi connectivity index (χ1) is 7.70. The van der Waals surface area contributed by atoms with Crippen LogP contribution < -0.4 is 0 Å². The Morgan fingerprint density at radius 1 is 1.50 bits per heavy atom. The summed E-state index contributed by atoms with van der Waals surface area (Å²) in [6.07, 6.45) is 3.80. The van der Waals surface area contributed by atoms with Crippen molar-refractivity contribution in [3.8, 4) is 11.8 Å². The summed E-state index contributed by atoms with van der Waals surface area (Å²) >= 11 is 0. The van der Waals surface area contributed by atoms with Crippen LogP contribution in [0.5, 0.6) is 0 Å². The van der Waals surface area contributed by atoms with Crippen LogP contribution in [0.3, 0.4) is 0 Å². The molecule has 0 aromatic rings. The molecule has 3 nitrogen and oxygen atoms in total. The van der Waals surface area contributed by atoms with E-state index in [0.29, 0.717) is 13.0 Å². The van der Waals surface area contributed by atoms with Gasteiger partial charge in [0, 0.05) is 18.9 Å². The Morgan fingerprint density at radius 3 is 2.94 bits per heavy atom. The van der Waals surface area contributed by atoms with Gasteiger partial charge in [0.1, 0.15) is 0 Å². The van der Waals surface area contributed by atoms with Crippen LogP contribution in [0.1, 0.15) is 39.5 Å². The van der Waals surface area contributed by atoms with Crippen molar-refractivity contribution in [2.24, 2.45) is 5.92 Å². The molecule has 1 fully saturated rings. The van der Waals surface area contributed by atoms with E-state index in [1.165, 1.54) is 6.42 Å². The van der Waals surface area contributed by atoms with Gasteiger partial charge in [0.25, 0.3) is 0 Å².